The summed E-state index contributed by atoms with van der Waals surface area (Å²) < 4.78 is 49.1. The second-order valence-corrected chi connectivity index (χ2v) is 8.75. The summed E-state index contributed by atoms with van der Waals surface area (Å²) in [5.74, 6) is 0.288. The van der Waals surface area contributed by atoms with Crippen LogP contribution in [0.25, 0.3) is 0 Å². The Morgan fingerprint density at radius 1 is 1.20 bits per heavy atom. The minimum absolute atomic E-state index is 0.0923. The van der Waals surface area contributed by atoms with Crippen LogP contribution in [0.1, 0.15) is 12.8 Å². The molecule has 164 valence electrons. The molecule has 0 saturated heterocycles. The fraction of sp³-hybridized carbons (Fsp3) is 0.350. The molecule has 0 saturated carbocycles. The van der Waals surface area contributed by atoms with Gasteiger partial charge in [-0.25, -0.2) is 12.8 Å². The molecule has 0 unspecified atom stereocenters. The van der Waals surface area contributed by atoms with Gasteiger partial charge in [0.25, 0.3) is 0 Å². The van der Waals surface area contributed by atoms with Gasteiger partial charge in [0, 0.05) is 18.0 Å². The van der Waals surface area contributed by atoms with Crippen LogP contribution in [0.2, 0.25) is 5.02 Å². The van der Waals surface area contributed by atoms with Crippen LogP contribution in [-0.4, -0.2) is 47.4 Å². The molecule has 1 N–H and O–H groups in total. The SMILES string of the molecule is COc1ccc(Cl)cc1N(CCCC(=O)NCCOc1ccc(F)cc1)S(C)(=O)=O. The van der Waals surface area contributed by atoms with Crippen LogP contribution < -0.4 is 19.1 Å². The number of methoxy groups -OCH3 is 1. The van der Waals surface area contributed by atoms with Crippen molar-refractivity contribution in [3.05, 3.63) is 53.3 Å². The van der Waals surface area contributed by atoms with Crippen molar-refractivity contribution in [2.45, 2.75) is 12.8 Å². The maximum absolute atomic E-state index is 12.8. The van der Waals surface area contributed by atoms with Gasteiger partial charge in [-0.05, 0) is 48.9 Å². The highest BCUT2D eigenvalue weighted by atomic mass is 35.5. The van der Waals surface area contributed by atoms with Gasteiger partial charge in [0.1, 0.15) is 23.9 Å². The van der Waals surface area contributed by atoms with E-state index in [4.69, 9.17) is 21.1 Å². The Bertz CT molecular complexity index is 954. The van der Waals surface area contributed by atoms with E-state index in [9.17, 15) is 17.6 Å². The topological polar surface area (TPSA) is 84.9 Å². The van der Waals surface area contributed by atoms with E-state index in [0.29, 0.717) is 28.6 Å². The predicted octanol–water partition coefficient (Wildman–Crippen LogP) is 3.23. The molecule has 2 rings (SSSR count). The van der Waals surface area contributed by atoms with E-state index in [1.807, 2.05) is 0 Å². The number of ether oxygens (including phenoxy) is 2. The molecule has 7 nitrogen and oxygen atoms in total. The summed E-state index contributed by atoms with van der Waals surface area (Å²) in [5.41, 5.74) is 0.320. The minimum atomic E-state index is -3.60. The zero-order chi connectivity index (χ0) is 22.1. The third-order valence-electron chi connectivity index (χ3n) is 4.08. The van der Waals surface area contributed by atoms with E-state index in [-0.39, 0.29) is 37.8 Å². The second-order valence-electron chi connectivity index (χ2n) is 6.41. The van der Waals surface area contributed by atoms with E-state index < -0.39 is 10.0 Å². The number of anilines is 1. The van der Waals surface area contributed by atoms with Crippen LogP contribution in [0.15, 0.2) is 42.5 Å². The number of rotatable bonds is 11. The average Bonchev–Trinajstić information content (AvgIpc) is 2.69. The van der Waals surface area contributed by atoms with Crippen LogP contribution in [0.5, 0.6) is 11.5 Å². The van der Waals surface area contributed by atoms with E-state index in [2.05, 4.69) is 5.32 Å². The van der Waals surface area contributed by atoms with Gasteiger partial charge >= 0.3 is 0 Å². The third kappa shape index (κ3) is 7.38. The molecule has 1 amide bonds. The molecule has 0 radical (unpaired) electrons. The highest BCUT2D eigenvalue weighted by molar-refractivity contribution is 7.92. The van der Waals surface area contributed by atoms with E-state index in [1.54, 1.807) is 12.1 Å². The van der Waals surface area contributed by atoms with Gasteiger partial charge in [-0.1, -0.05) is 11.6 Å². The lowest BCUT2D eigenvalue weighted by Gasteiger charge is -2.24. The lowest BCUT2D eigenvalue weighted by Crippen LogP contribution is -2.33. The number of carbonyl (C=O) groups is 1. The average molecular weight is 459 g/mol. The largest absolute Gasteiger partial charge is 0.495 e. The lowest BCUT2D eigenvalue weighted by molar-refractivity contribution is -0.121. The number of nitrogens with zero attached hydrogens (tertiary/aromatic N) is 1. The number of amides is 1. The molecule has 0 aromatic heterocycles. The molecule has 2 aromatic carbocycles. The van der Waals surface area contributed by atoms with Crippen molar-refractivity contribution in [2.75, 3.05) is 37.4 Å². The van der Waals surface area contributed by atoms with E-state index in [0.717, 1.165) is 6.26 Å². The van der Waals surface area contributed by atoms with Crippen molar-refractivity contribution in [3.63, 3.8) is 0 Å². The molecule has 0 aliphatic carbocycles. The number of hydrogen-bond donors (Lipinski definition) is 1. The van der Waals surface area contributed by atoms with Crippen molar-refractivity contribution in [2.24, 2.45) is 0 Å². The second kappa shape index (κ2) is 11.0. The number of carbonyl (C=O) groups excluding carboxylic acids is 1. The van der Waals surface area contributed by atoms with Gasteiger partial charge in [0.2, 0.25) is 15.9 Å². The van der Waals surface area contributed by atoms with Gasteiger partial charge in [-0.3, -0.25) is 9.10 Å². The molecule has 0 aliphatic heterocycles. The smallest absolute Gasteiger partial charge is 0.232 e. The van der Waals surface area contributed by atoms with Crippen LogP contribution >= 0.6 is 11.6 Å². The maximum atomic E-state index is 12.8. The molecule has 0 fully saturated rings. The Kier molecular flexibility index (Phi) is 8.73. The highest BCUT2D eigenvalue weighted by Gasteiger charge is 2.21. The molecular weight excluding hydrogens is 435 g/mol. The van der Waals surface area contributed by atoms with Gasteiger partial charge in [-0.2, -0.15) is 0 Å². The first kappa shape index (κ1) is 23.8. The quantitative estimate of drug-likeness (QED) is 0.522. The van der Waals surface area contributed by atoms with Crippen molar-refractivity contribution < 1.29 is 27.1 Å². The summed E-state index contributed by atoms with van der Waals surface area (Å²) >= 11 is 6.00. The summed E-state index contributed by atoms with van der Waals surface area (Å²) in [6.07, 6.45) is 1.51. The van der Waals surface area contributed by atoms with E-state index >= 15 is 0 Å². The van der Waals surface area contributed by atoms with Gasteiger partial charge in [0.05, 0.1) is 25.6 Å². The normalized spacial score (nSPS) is 11.1. The molecule has 30 heavy (non-hydrogen) atoms. The molecule has 0 atom stereocenters. The fourth-order valence-corrected chi connectivity index (χ4v) is 3.81. The summed E-state index contributed by atoms with van der Waals surface area (Å²) in [5, 5.41) is 3.07. The zero-order valence-corrected chi connectivity index (χ0v) is 18.3. The highest BCUT2D eigenvalue weighted by Crippen LogP contribution is 2.32. The van der Waals surface area contributed by atoms with Crippen LogP contribution in [-0.2, 0) is 14.8 Å². The molecule has 0 aliphatic rings. The summed E-state index contributed by atoms with van der Waals surface area (Å²) in [6.45, 7) is 0.593. The first-order valence-electron chi connectivity index (χ1n) is 9.17. The summed E-state index contributed by atoms with van der Waals surface area (Å²) in [7, 11) is -2.16. The van der Waals surface area contributed by atoms with Crippen LogP contribution in [0, 0.1) is 5.82 Å². The van der Waals surface area contributed by atoms with Gasteiger partial charge in [-0.15, -0.1) is 0 Å². The first-order valence-corrected chi connectivity index (χ1v) is 11.4. The number of benzene rings is 2. The van der Waals surface area contributed by atoms with Crippen molar-refractivity contribution in [1.29, 1.82) is 0 Å². The van der Waals surface area contributed by atoms with Crippen molar-refractivity contribution in [1.82, 2.24) is 5.32 Å². The van der Waals surface area contributed by atoms with Crippen molar-refractivity contribution >= 4 is 33.2 Å². The fourth-order valence-electron chi connectivity index (χ4n) is 2.68. The number of halogens is 2. The van der Waals surface area contributed by atoms with Gasteiger partial charge in [0.15, 0.2) is 0 Å². The number of sulfonamides is 1. The minimum Gasteiger partial charge on any atom is -0.495 e. The van der Waals surface area contributed by atoms with Gasteiger partial charge < -0.3 is 14.8 Å². The predicted molar refractivity (Wildman–Crippen MR) is 114 cm³/mol. The molecule has 0 heterocycles. The Balaban J connectivity index is 1.83. The molecule has 0 spiro atoms. The Labute approximate surface area is 180 Å². The Morgan fingerprint density at radius 3 is 2.53 bits per heavy atom. The van der Waals surface area contributed by atoms with Crippen LogP contribution in [0.4, 0.5) is 10.1 Å². The van der Waals surface area contributed by atoms with Crippen molar-refractivity contribution in [3.8, 4) is 11.5 Å². The molecule has 2 aromatic rings. The number of nitrogens with one attached hydrogen (secondary N) is 1. The standard InChI is InChI=1S/C20H24ClFN2O5S/c1-28-19-10-5-15(21)14-18(19)24(30(2,26)27)12-3-4-20(25)23-11-13-29-17-8-6-16(22)7-9-17/h5-10,14H,3-4,11-13H2,1-2H3,(H,23,25). The third-order valence-corrected chi connectivity index (χ3v) is 5.50. The summed E-state index contributed by atoms with van der Waals surface area (Å²) in [6, 6.07) is 10.3. The first-order chi connectivity index (χ1) is 14.2. The Morgan fingerprint density at radius 2 is 1.90 bits per heavy atom. The molecule has 10 heteroatoms. The monoisotopic (exact) mass is 458 g/mol. The number of hydrogen-bond acceptors (Lipinski definition) is 5. The van der Waals surface area contributed by atoms with E-state index in [1.165, 1.54) is 41.7 Å². The maximum Gasteiger partial charge on any atom is 0.232 e. The molecular formula is C20H24ClFN2O5S. The lowest BCUT2D eigenvalue weighted by atomic mass is 10.2. The zero-order valence-electron chi connectivity index (χ0n) is 16.7. The summed E-state index contributed by atoms with van der Waals surface area (Å²) in [4.78, 5) is 12.0. The molecule has 0 bridgehead atoms. The van der Waals surface area contributed by atoms with Crippen LogP contribution in [0.3, 0.4) is 0 Å². The Hall–Kier alpha value is -2.52.